The highest BCUT2D eigenvalue weighted by atomic mass is 16.5. The number of ether oxygens (including phenoxy) is 1. The molecule has 3 heterocycles. The first-order valence-corrected chi connectivity index (χ1v) is 14.7. The number of hydrogen-bond acceptors (Lipinski definition) is 4. The van der Waals surface area contributed by atoms with Crippen LogP contribution in [0.5, 0.6) is 17.4 Å². The maximum absolute atomic E-state index is 10.7. The number of aromatic hydroxyl groups is 1. The van der Waals surface area contributed by atoms with Crippen molar-refractivity contribution in [2.75, 3.05) is 0 Å². The third kappa shape index (κ3) is 4.77. The summed E-state index contributed by atoms with van der Waals surface area (Å²) in [5.41, 5.74) is 5.99. The molecule has 0 aliphatic rings. The number of pyridine rings is 2. The Balaban J connectivity index is 1.59. The number of para-hydroxylation sites is 1. The van der Waals surface area contributed by atoms with Gasteiger partial charge in [-0.1, -0.05) is 79.7 Å². The van der Waals surface area contributed by atoms with Crippen LogP contribution in [0.1, 0.15) is 78.0 Å². The van der Waals surface area contributed by atoms with E-state index in [1.165, 1.54) is 21.9 Å². The molecular weight excluding hydrogens is 518 g/mol. The Morgan fingerprint density at radius 1 is 0.762 bits per heavy atom. The first-order chi connectivity index (χ1) is 19.8. The van der Waals surface area contributed by atoms with Gasteiger partial charge in [-0.3, -0.25) is 4.57 Å². The molecule has 0 saturated carbocycles. The number of phenols is 1. The summed E-state index contributed by atoms with van der Waals surface area (Å²) in [6.45, 7) is 17.6. The molecule has 6 aromatic rings. The van der Waals surface area contributed by atoms with Crippen LogP contribution in [0.3, 0.4) is 0 Å². The van der Waals surface area contributed by atoms with Gasteiger partial charge >= 0.3 is 0 Å². The number of rotatable bonds is 4. The van der Waals surface area contributed by atoms with Gasteiger partial charge in [-0.05, 0) is 69.8 Å². The minimum atomic E-state index is -0.156. The molecule has 3 aromatic carbocycles. The van der Waals surface area contributed by atoms with Crippen LogP contribution in [-0.4, -0.2) is 19.6 Å². The van der Waals surface area contributed by atoms with Crippen LogP contribution in [0.4, 0.5) is 0 Å². The standard InChI is InChI=1S/C37H39N3O2/c1-22(2)23-17-18-38-32(19-23)40-29-12-10-9-11-26(29)34-28(37(6,7)8)20-24(21-30(34)40)42-33-16-13-25-27(36(3,4)5)14-15-31(41)35(25)39-33/h9-22,41H,1-8H3. The van der Waals surface area contributed by atoms with Crippen molar-refractivity contribution in [1.82, 2.24) is 14.5 Å². The number of phenolic OH excluding ortho intramolecular Hbond substituents is 1. The predicted molar refractivity (Wildman–Crippen MR) is 174 cm³/mol. The zero-order valence-electron chi connectivity index (χ0n) is 25.8. The lowest BCUT2D eigenvalue weighted by atomic mass is 9.84. The molecule has 0 amide bonds. The largest absolute Gasteiger partial charge is 0.506 e. The minimum Gasteiger partial charge on any atom is -0.506 e. The Labute approximate surface area is 247 Å². The van der Waals surface area contributed by atoms with Crippen LogP contribution in [0.15, 0.2) is 79.0 Å². The molecule has 0 atom stereocenters. The molecule has 1 N–H and O–H groups in total. The molecule has 0 unspecified atom stereocenters. The van der Waals surface area contributed by atoms with Crippen molar-refractivity contribution in [2.24, 2.45) is 0 Å². The highest BCUT2D eigenvalue weighted by molar-refractivity contribution is 6.11. The number of nitrogens with zero attached hydrogens (tertiary/aromatic N) is 3. The summed E-state index contributed by atoms with van der Waals surface area (Å²) < 4.78 is 8.75. The Bertz CT molecular complexity index is 1970. The predicted octanol–water partition coefficient (Wildman–Crippen LogP) is 9.94. The molecule has 0 spiro atoms. The highest BCUT2D eigenvalue weighted by Gasteiger charge is 2.25. The van der Waals surface area contributed by atoms with E-state index < -0.39 is 0 Å². The third-order valence-electron chi connectivity index (χ3n) is 8.06. The van der Waals surface area contributed by atoms with Crippen molar-refractivity contribution in [3.8, 4) is 23.2 Å². The lowest BCUT2D eigenvalue weighted by molar-refractivity contribution is 0.457. The van der Waals surface area contributed by atoms with Gasteiger partial charge in [0.2, 0.25) is 5.88 Å². The number of aromatic nitrogens is 3. The van der Waals surface area contributed by atoms with Gasteiger partial charge in [0, 0.05) is 34.5 Å². The number of hydrogen-bond donors (Lipinski definition) is 1. The van der Waals surface area contributed by atoms with Gasteiger partial charge in [-0.2, -0.15) is 0 Å². The topological polar surface area (TPSA) is 60.2 Å². The van der Waals surface area contributed by atoms with E-state index in [4.69, 9.17) is 14.7 Å². The van der Waals surface area contributed by atoms with Crippen LogP contribution in [0.25, 0.3) is 38.5 Å². The van der Waals surface area contributed by atoms with Crippen molar-refractivity contribution < 1.29 is 9.84 Å². The second kappa shape index (κ2) is 9.87. The van der Waals surface area contributed by atoms with E-state index >= 15 is 0 Å². The lowest BCUT2D eigenvalue weighted by Crippen LogP contribution is -2.12. The quantitative estimate of drug-likeness (QED) is 0.234. The van der Waals surface area contributed by atoms with Crippen LogP contribution in [0, 0.1) is 0 Å². The van der Waals surface area contributed by atoms with E-state index in [1.807, 2.05) is 24.4 Å². The molecule has 0 aliphatic heterocycles. The molecular formula is C37H39N3O2. The van der Waals surface area contributed by atoms with Gasteiger partial charge in [0.25, 0.3) is 0 Å². The van der Waals surface area contributed by atoms with Gasteiger partial charge in [-0.15, -0.1) is 0 Å². The average molecular weight is 558 g/mol. The summed E-state index contributed by atoms with van der Waals surface area (Å²) >= 11 is 0. The van der Waals surface area contributed by atoms with E-state index in [0.29, 0.717) is 23.1 Å². The van der Waals surface area contributed by atoms with E-state index in [0.717, 1.165) is 27.8 Å². The van der Waals surface area contributed by atoms with Crippen molar-refractivity contribution in [3.63, 3.8) is 0 Å². The second-order valence-corrected chi connectivity index (χ2v) is 13.6. The molecule has 0 fully saturated rings. The summed E-state index contributed by atoms with van der Waals surface area (Å²) in [5.74, 6) is 2.54. The summed E-state index contributed by atoms with van der Waals surface area (Å²) in [6.07, 6.45) is 1.90. The first-order valence-electron chi connectivity index (χ1n) is 14.7. The molecule has 0 radical (unpaired) electrons. The molecule has 42 heavy (non-hydrogen) atoms. The monoisotopic (exact) mass is 557 g/mol. The van der Waals surface area contributed by atoms with Gasteiger partial charge in [-0.25, -0.2) is 9.97 Å². The van der Waals surface area contributed by atoms with Gasteiger partial charge < -0.3 is 9.84 Å². The molecule has 214 valence electrons. The van der Waals surface area contributed by atoms with E-state index in [2.05, 4.69) is 108 Å². The number of fused-ring (bicyclic) bond motifs is 4. The molecule has 3 aromatic heterocycles. The fourth-order valence-corrected chi connectivity index (χ4v) is 5.90. The van der Waals surface area contributed by atoms with Gasteiger partial charge in [0.1, 0.15) is 22.8 Å². The average Bonchev–Trinajstić information content (AvgIpc) is 3.26. The van der Waals surface area contributed by atoms with Crippen molar-refractivity contribution >= 4 is 32.7 Å². The number of benzene rings is 3. The van der Waals surface area contributed by atoms with Crippen LogP contribution in [-0.2, 0) is 10.8 Å². The molecule has 5 heteroatoms. The fraction of sp³-hybridized carbons (Fsp3) is 0.297. The SMILES string of the molecule is CC(C)c1ccnc(-n2c3ccccc3c3c(C(C)(C)C)cc(Oc4ccc5c(C(C)(C)C)ccc(O)c5n4)cc32)c1. The van der Waals surface area contributed by atoms with E-state index in [-0.39, 0.29) is 16.6 Å². The zero-order valence-corrected chi connectivity index (χ0v) is 25.8. The molecule has 0 bridgehead atoms. The van der Waals surface area contributed by atoms with Crippen molar-refractivity contribution in [2.45, 2.75) is 72.1 Å². The Morgan fingerprint density at radius 3 is 2.21 bits per heavy atom. The van der Waals surface area contributed by atoms with Gasteiger partial charge in [0.15, 0.2) is 0 Å². The van der Waals surface area contributed by atoms with E-state index in [1.54, 1.807) is 6.07 Å². The summed E-state index contributed by atoms with van der Waals surface area (Å²) in [4.78, 5) is 9.60. The zero-order chi connectivity index (χ0) is 30.0. The molecule has 0 saturated heterocycles. The fourth-order valence-electron chi connectivity index (χ4n) is 5.90. The molecule has 5 nitrogen and oxygen atoms in total. The third-order valence-corrected chi connectivity index (χ3v) is 8.06. The minimum absolute atomic E-state index is 0.0863. The first kappa shape index (κ1) is 27.8. The lowest BCUT2D eigenvalue weighted by Gasteiger charge is -2.23. The van der Waals surface area contributed by atoms with Crippen molar-refractivity contribution in [3.05, 3.63) is 95.7 Å². The maximum atomic E-state index is 10.7. The Morgan fingerprint density at radius 2 is 1.50 bits per heavy atom. The summed E-state index contributed by atoms with van der Waals surface area (Å²) in [6, 6.07) is 24.6. The van der Waals surface area contributed by atoms with E-state index in [9.17, 15) is 5.11 Å². The normalized spacial score (nSPS) is 12.6. The van der Waals surface area contributed by atoms with Gasteiger partial charge in [0.05, 0.1) is 11.0 Å². The summed E-state index contributed by atoms with van der Waals surface area (Å²) in [7, 11) is 0. The highest BCUT2D eigenvalue weighted by Crippen LogP contribution is 2.42. The Kier molecular flexibility index (Phi) is 6.53. The van der Waals surface area contributed by atoms with Crippen molar-refractivity contribution in [1.29, 1.82) is 0 Å². The summed E-state index contributed by atoms with van der Waals surface area (Å²) in [5, 5.41) is 14.0. The Hall–Kier alpha value is -4.38. The van der Waals surface area contributed by atoms with Crippen LogP contribution < -0.4 is 4.74 Å². The smallest absolute Gasteiger partial charge is 0.219 e. The molecule has 0 aliphatic carbocycles. The van der Waals surface area contributed by atoms with Crippen LogP contribution >= 0.6 is 0 Å². The van der Waals surface area contributed by atoms with Crippen LogP contribution in [0.2, 0.25) is 0 Å². The second-order valence-electron chi connectivity index (χ2n) is 13.6. The maximum Gasteiger partial charge on any atom is 0.219 e. The molecule has 6 rings (SSSR count).